The van der Waals surface area contributed by atoms with Crippen LogP contribution in [0, 0.1) is 0 Å². The van der Waals surface area contributed by atoms with Crippen LogP contribution in [0.1, 0.15) is 85.7 Å². The van der Waals surface area contributed by atoms with E-state index in [1.54, 1.807) is 4.90 Å². The highest BCUT2D eigenvalue weighted by molar-refractivity contribution is 5.77. The van der Waals surface area contributed by atoms with Crippen molar-refractivity contribution in [2.75, 3.05) is 32.7 Å². The van der Waals surface area contributed by atoms with Gasteiger partial charge in [-0.05, 0) is 105 Å². The molecule has 13 nitrogen and oxygen atoms in total. The first-order chi connectivity index (χ1) is 35.8. The van der Waals surface area contributed by atoms with Gasteiger partial charge in [-0.15, -0.1) is 0 Å². The van der Waals surface area contributed by atoms with Gasteiger partial charge in [0.05, 0.1) is 22.1 Å². The van der Waals surface area contributed by atoms with Gasteiger partial charge in [-0.25, -0.2) is 14.4 Å². The molecule has 0 spiro atoms. The van der Waals surface area contributed by atoms with E-state index < -0.39 is 6.09 Å². The Morgan fingerprint density at radius 2 is 0.904 bits per heavy atom. The Labute approximate surface area is 427 Å². The number of amides is 2. The van der Waals surface area contributed by atoms with E-state index in [4.69, 9.17) is 0 Å². The Kier molecular flexibility index (Phi) is 17.1. The van der Waals surface area contributed by atoms with Crippen LogP contribution in [-0.4, -0.2) is 94.6 Å². The summed E-state index contributed by atoms with van der Waals surface area (Å²) < 4.78 is 3.71. The minimum atomic E-state index is -0.875. The van der Waals surface area contributed by atoms with E-state index in [1.807, 2.05) is 86.8 Å². The van der Waals surface area contributed by atoms with Gasteiger partial charge in [0.25, 0.3) is 0 Å². The lowest BCUT2D eigenvalue weighted by Crippen LogP contribution is -2.47. The molecule has 2 amide bonds. The van der Waals surface area contributed by atoms with Crippen molar-refractivity contribution in [3.05, 3.63) is 213 Å². The first-order valence-corrected chi connectivity index (χ1v) is 26.0. The lowest BCUT2D eigenvalue weighted by atomic mass is 9.93. The van der Waals surface area contributed by atoms with Crippen LogP contribution in [0.15, 0.2) is 179 Å². The molecule has 0 saturated carbocycles. The Morgan fingerprint density at radius 3 is 1.36 bits per heavy atom. The summed E-state index contributed by atoms with van der Waals surface area (Å²) in [6, 6.07) is 57.5. The van der Waals surface area contributed by atoms with Crippen LogP contribution >= 0.6 is 0 Å². The molecule has 10 rings (SSSR count). The Morgan fingerprint density at radius 1 is 0.507 bits per heavy atom. The van der Waals surface area contributed by atoms with E-state index in [9.17, 15) is 24.3 Å². The number of nitrogens with zero attached hydrogens (tertiary/aromatic N) is 6. The van der Waals surface area contributed by atoms with E-state index >= 15 is 0 Å². The smallest absolute Gasteiger partial charge is 0.407 e. The van der Waals surface area contributed by atoms with Gasteiger partial charge in [-0.3, -0.25) is 23.7 Å². The number of likely N-dealkylation sites (tertiary alicyclic amines) is 2. The SMILES string of the molecule is O=C(CCCN(Cc1ccccc1)Cc1ccccc1)N1CCC(n2c(=O)[nH]c3ccccc32)CC1.O=C(O)N1CCC(n2c(=O)[nH]c3ccccc32)C[C@@H]1CCCN(Cc1ccccc1)Cc1ccccc1. The number of benzene rings is 6. The van der Waals surface area contributed by atoms with E-state index in [0.717, 1.165) is 93.4 Å². The van der Waals surface area contributed by atoms with Crippen molar-refractivity contribution in [1.82, 2.24) is 38.7 Å². The highest BCUT2D eigenvalue weighted by Crippen LogP contribution is 2.31. The molecule has 378 valence electrons. The molecule has 6 aromatic carbocycles. The lowest BCUT2D eigenvalue weighted by molar-refractivity contribution is -0.132. The molecule has 2 atom stereocenters. The number of hydrogen-bond donors (Lipinski definition) is 3. The molecule has 13 heteroatoms. The number of carbonyl (C=O) groups is 2. The zero-order chi connectivity index (χ0) is 50.4. The van der Waals surface area contributed by atoms with Crippen LogP contribution in [0.2, 0.25) is 0 Å². The fraction of sp³-hybridized carbons (Fsp3) is 0.333. The van der Waals surface area contributed by atoms with Crippen molar-refractivity contribution in [2.24, 2.45) is 0 Å². The number of carbonyl (C=O) groups excluding carboxylic acids is 1. The summed E-state index contributed by atoms with van der Waals surface area (Å²) in [7, 11) is 0. The molecule has 2 aliphatic heterocycles. The van der Waals surface area contributed by atoms with Gasteiger partial charge in [-0.2, -0.15) is 0 Å². The van der Waals surface area contributed by atoms with Crippen LogP contribution in [0.4, 0.5) is 4.79 Å². The van der Waals surface area contributed by atoms with E-state index in [1.165, 1.54) is 22.3 Å². The zero-order valence-electron chi connectivity index (χ0n) is 41.7. The molecule has 2 fully saturated rings. The number of nitrogens with one attached hydrogen (secondary N) is 2. The molecule has 2 saturated heterocycles. The molecule has 1 unspecified atom stereocenters. The van der Waals surface area contributed by atoms with Crippen molar-refractivity contribution >= 4 is 34.1 Å². The number of H-pyrrole nitrogens is 2. The maximum atomic E-state index is 13.0. The predicted octanol–water partition coefficient (Wildman–Crippen LogP) is 10.5. The second-order valence-electron chi connectivity index (χ2n) is 19.7. The normalized spacial score (nSPS) is 16.2. The topological polar surface area (TPSA) is 143 Å². The van der Waals surface area contributed by atoms with Crippen LogP contribution in [0.5, 0.6) is 0 Å². The van der Waals surface area contributed by atoms with Crippen molar-refractivity contribution in [3.63, 3.8) is 0 Å². The van der Waals surface area contributed by atoms with Crippen LogP contribution < -0.4 is 11.4 Å². The second-order valence-corrected chi connectivity index (χ2v) is 19.7. The minimum absolute atomic E-state index is 0.0195. The average Bonchev–Trinajstić information content (AvgIpc) is 3.94. The van der Waals surface area contributed by atoms with Gasteiger partial charge in [-0.1, -0.05) is 146 Å². The number of rotatable bonds is 18. The molecule has 73 heavy (non-hydrogen) atoms. The van der Waals surface area contributed by atoms with Gasteiger partial charge in [0.15, 0.2) is 0 Å². The highest BCUT2D eigenvalue weighted by Gasteiger charge is 2.33. The first-order valence-electron chi connectivity index (χ1n) is 26.0. The lowest BCUT2D eigenvalue weighted by Gasteiger charge is -2.38. The molecular weight excluding hydrogens is 913 g/mol. The van der Waals surface area contributed by atoms with Crippen molar-refractivity contribution in [2.45, 2.75) is 95.7 Å². The summed E-state index contributed by atoms with van der Waals surface area (Å²) in [5, 5.41) is 9.89. The molecule has 4 heterocycles. The third-order valence-electron chi connectivity index (χ3n) is 14.6. The minimum Gasteiger partial charge on any atom is -0.465 e. The maximum Gasteiger partial charge on any atom is 0.407 e. The van der Waals surface area contributed by atoms with Crippen LogP contribution in [-0.2, 0) is 31.0 Å². The van der Waals surface area contributed by atoms with Gasteiger partial charge < -0.3 is 24.9 Å². The monoisotopic (exact) mass is 981 g/mol. The molecule has 2 aromatic heterocycles. The number of carboxylic acid groups (broad SMARTS) is 1. The largest absolute Gasteiger partial charge is 0.465 e. The predicted molar refractivity (Wildman–Crippen MR) is 289 cm³/mol. The van der Waals surface area contributed by atoms with Crippen LogP contribution in [0.25, 0.3) is 22.1 Å². The third kappa shape index (κ3) is 13.3. The van der Waals surface area contributed by atoms with Crippen LogP contribution in [0.3, 0.4) is 0 Å². The summed E-state index contributed by atoms with van der Waals surface area (Å²) in [5.74, 6) is 0.221. The molecule has 0 radical (unpaired) electrons. The highest BCUT2D eigenvalue weighted by atomic mass is 16.4. The maximum absolute atomic E-state index is 13.0. The Hall–Kier alpha value is -7.48. The van der Waals surface area contributed by atoms with Gasteiger partial charge in [0, 0.05) is 70.4 Å². The summed E-state index contributed by atoms with van der Waals surface area (Å²) in [6.45, 7) is 7.01. The molecule has 0 bridgehead atoms. The number of hydrogen-bond acceptors (Lipinski definition) is 6. The summed E-state index contributed by atoms with van der Waals surface area (Å²) in [6.07, 6.45) is 5.05. The van der Waals surface area contributed by atoms with E-state index in [2.05, 4.69) is 117 Å². The first kappa shape index (κ1) is 50.5. The molecular formula is C60H68N8O5. The number of aromatic nitrogens is 4. The van der Waals surface area contributed by atoms with E-state index in [0.29, 0.717) is 38.9 Å². The quantitative estimate of drug-likeness (QED) is 0.0777. The summed E-state index contributed by atoms with van der Waals surface area (Å²) in [5.41, 5.74) is 8.45. The van der Waals surface area contributed by atoms with Crippen molar-refractivity contribution in [3.8, 4) is 0 Å². The second kappa shape index (κ2) is 24.8. The fourth-order valence-corrected chi connectivity index (χ4v) is 11.0. The number of imidazole rings is 2. The van der Waals surface area contributed by atoms with Crippen molar-refractivity contribution < 1.29 is 14.7 Å². The molecule has 2 aliphatic rings. The number of fused-ring (bicyclic) bond motifs is 2. The van der Waals surface area contributed by atoms with Gasteiger partial charge in [0.2, 0.25) is 5.91 Å². The average molecular weight is 981 g/mol. The molecule has 8 aromatic rings. The summed E-state index contributed by atoms with van der Waals surface area (Å²) in [4.78, 5) is 64.7. The molecule has 0 aliphatic carbocycles. The number of para-hydroxylation sites is 4. The van der Waals surface area contributed by atoms with Crippen molar-refractivity contribution in [1.29, 1.82) is 0 Å². The Bertz CT molecular complexity index is 3030. The molecule has 3 N–H and O–H groups in total. The van der Waals surface area contributed by atoms with Gasteiger partial charge in [0.1, 0.15) is 0 Å². The zero-order valence-corrected chi connectivity index (χ0v) is 41.7. The standard InChI is InChI=1S/C30H34N4O3.C30H34N4O2/c35-29-31-27-15-7-8-16-28(27)34(29)26-17-19-33(30(36)37)25(20-26)14-9-18-32(21-23-10-3-1-4-11-23)22-24-12-5-2-6-13-24;35-29(33-20-17-26(18-21-33)34-28-15-8-7-14-27(28)31-30(34)36)16-9-19-32(22-24-10-3-1-4-11-24)23-25-12-5-2-6-13-25/h1-8,10-13,15-16,25-26H,9,14,17-22H2,(H,31,35)(H,36,37);1-8,10-15,26H,9,16-23H2,(H,31,36)/t25-,26?;/m0./s1. The van der Waals surface area contributed by atoms with E-state index in [-0.39, 0.29) is 35.4 Å². The third-order valence-corrected chi connectivity index (χ3v) is 14.6. The number of aromatic amines is 2. The Balaban J connectivity index is 0.000000180. The van der Waals surface area contributed by atoms with Gasteiger partial charge >= 0.3 is 17.5 Å². The number of piperidine rings is 2. The summed E-state index contributed by atoms with van der Waals surface area (Å²) >= 11 is 0. The fourth-order valence-electron chi connectivity index (χ4n) is 11.0.